The van der Waals surface area contributed by atoms with E-state index in [2.05, 4.69) is 23.8 Å². The summed E-state index contributed by atoms with van der Waals surface area (Å²) < 4.78 is 5.61. The molecule has 1 aromatic heterocycles. The predicted molar refractivity (Wildman–Crippen MR) is 76.9 cm³/mol. The monoisotopic (exact) mass is 268 g/mol. The van der Waals surface area contributed by atoms with Crippen LogP contribution in [0.25, 0.3) is 11.4 Å². The summed E-state index contributed by atoms with van der Waals surface area (Å²) in [6, 6.07) is 9.42. The number of nitrogens with two attached hydrogens (primary N) is 1. The Balaban J connectivity index is 2.18. The SMILES string of the molecule is CC(C)COc1ccc(-c2ncc(C#N)c(N)n2)cc1. The second kappa shape index (κ2) is 6.02. The van der Waals surface area contributed by atoms with Gasteiger partial charge in [-0.2, -0.15) is 5.26 Å². The summed E-state index contributed by atoms with van der Waals surface area (Å²) in [6.07, 6.45) is 1.43. The van der Waals surface area contributed by atoms with Crippen molar-refractivity contribution in [2.24, 2.45) is 5.92 Å². The lowest BCUT2D eigenvalue weighted by atomic mass is 10.2. The van der Waals surface area contributed by atoms with Crippen molar-refractivity contribution in [1.29, 1.82) is 5.26 Å². The van der Waals surface area contributed by atoms with Crippen molar-refractivity contribution in [2.45, 2.75) is 13.8 Å². The Morgan fingerprint density at radius 2 is 2.00 bits per heavy atom. The summed E-state index contributed by atoms with van der Waals surface area (Å²) >= 11 is 0. The molecule has 0 amide bonds. The van der Waals surface area contributed by atoms with Crippen molar-refractivity contribution in [3.63, 3.8) is 0 Å². The first-order valence-corrected chi connectivity index (χ1v) is 6.36. The highest BCUT2D eigenvalue weighted by atomic mass is 16.5. The highest BCUT2D eigenvalue weighted by Gasteiger charge is 2.06. The highest BCUT2D eigenvalue weighted by molar-refractivity contribution is 5.60. The van der Waals surface area contributed by atoms with Gasteiger partial charge in [0.05, 0.1) is 12.8 Å². The van der Waals surface area contributed by atoms with Crippen molar-refractivity contribution in [1.82, 2.24) is 9.97 Å². The molecule has 0 unspecified atom stereocenters. The van der Waals surface area contributed by atoms with E-state index in [1.54, 1.807) is 0 Å². The first-order valence-electron chi connectivity index (χ1n) is 6.36. The van der Waals surface area contributed by atoms with Gasteiger partial charge >= 0.3 is 0 Å². The van der Waals surface area contributed by atoms with Crippen molar-refractivity contribution in [3.8, 4) is 23.2 Å². The van der Waals surface area contributed by atoms with E-state index in [-0.39, 0.29) is 11.4 Å². The second-order valence-electron chi connectivity index (χ2n) is 4.83. The van der Waals surface area contributed by atoms with E-state index in [4.69, 9.17) is 15.7 Å². The molecule has 20 heavy (non-hydrogen) atoms. The van der Waals surface area contributed by atoms with E-state index in [0.29, 0.717) is 18.3 Å². The number of hydrogen-bond donors (Lipinski definition) is 1. The molecule has 0 saturated heterocycles. The van der Waals surface area contributed by atoms with Crippen LogP contribution in [0.1, 0.15) is 19.4 Å². The Labute approximate surface area is 118 Å². The smallest absolute Gasteiger partial charge is 0.161 e. The molecule has 0 fully saturated rings. The molecular formula is C15H16N4O. The van der Waals surface area contributed by atoms with Crippen LogP contribution in [-0.4, -0.2) is 16.6 Å². The van der Waals surface area contributed by atoms with Gasteiger partial charge in [-0.05, 0) is 30.2 Å². The second-order valence-corrected chi connectivity index (χ2v) is 4.83. The molecule has 0 aliphatic carbocycles. The van der Waals surface area contributed by atoms with Crippen LogP contribution in [0.4, 0.5) is 5.82 Å². The molecule has 1 aromatic carbocycles. The molecule has 0 aliphatic heterocycles. The van der Waals surface area contributed by atoms with Crippen LogP contribution in [0, 0.1) is 17.2 Å². The van der Waals surface area contributed by atoms with E-state index < -0.39 is 0 Å². The fourth-order valence-electron chi connectivity index (χ4n) is 1.58. The van der Waals surface area contributed by atoms with Crippen molar-refractivity contribution in [2.75, 3.05) is 12.3 Å². The quantitative estimate of drug-likeness (QED) is 0.921. The van der Waals surface area contributed by atoms with Gasteiger partial charge in [0, 0.05) is 5.56 Å². The van der Waals surface area contributed by atoms with E-state index >= 15 is 0 Å². The number of hydrogen-bond acceptors (Lipinski definition) is 5. The Hall–Kier alpha value is -2.61. The van der Waals surface area contributed by atoms with Gasteiger partial charge in [-0.15, -0.1) is 0 Å². The number of ether oxygens (including phenoxy) is 1. The average Bonchev–Trinajstić information content (AvgIpc) is 2.45. The van der Waals surface area contributed by atoms with Crippen molar-refractivity contribution in [3.05, 3.63) is 36.0 Å². The Morgan fingerprint density at radius 3 is 2.55 bits per heavy atom. The molecule has 5 nitrogen and oxygen atoms in total. The summed E-state index contributed by atoms with van der Waals surface area (Å²) in [5.41, 5.74) is 6.80. The number of benzene rings is 1. The summed E-state index contributed by atoms with van der Waals surface area (Å²) in [7, 11) is 0. The predicted octanol–water partition coefficient (Wildman–Crippen LogP) is 2.63. The van der Waals surface area contributed by atoms with Crippen LogP contribution in [0.3, 0.4) is 0 Å². The van der Waals surface area contributed by atoms with Crippen LogP contribution in [0.5, 0.6) is 5.75 Å². The van der Waals surface area contributed by atoms with E-state index in [1.807, 2.05) is 30.3 Å². The molecule has 2 rings (SSSR count). The van der Waals surface area contributed by atoms with E-state index in [1.165, 1.54) is 6.20 Å². The largest absolute Gasteiger partial charge is 0.493 e. The Kier molecular flexibility index (Phi) is 4.16. The standard InChI is InChI=1S/C15H16N4O/c1-10(2)9-20-13-5-3-11(4-6-13)15-18-8-12(7-16)14(17)19-15/h3-6,8,10H,9H2,1-2H3,(H2,17,18,19). The zero-order chi connectivity index (χ0) is 14.5. The van der Waals surface area contributed by atoms with Crippen LogP contribution >= 0.6 is 0 Å². The maximum atomic E-state index is 8.79. The van der Waals surface area contributed by atoms with Crippen molar-refractivity contribution >= 4 is 5.82 Å². The molecule has 1 heterocycles. The first kappa shape index (κ1) is 13.8. The van der Waals surface area contributed by atoms with Gasteiger partial charge in [0.15, 0.2) is 5.82 Å². The summed E-state index contributed by atoms with van der Waals surface area (Å²) in [5.74, 6) is 1.98. The van der Waals surface area contributed by atoms with E-state index in [0.717, 1.165) is 11.3 Å². The maximum Gasteiger partial charge on any atom is 0.161 e. The van der Waals surface area contributed by atoms with Gasteiger partial charge in [0.25, 0.3) is 0 Å². The third-order valence-electron chi connectivity index (χ3n) is 2.63. The van der Waals surface area contributed by atoms with Crippen LogP contribution in [0.15, 0.2) is 30.5 Å². The number of aromatic nitrogens is 2. The van der Waals surface area contributed by atoms with Gasteiger partial charge in [-0.3, -0.25) is 0 Å². The lowest BCUT2D eigenvalue weighted by Crippen LogP contribution is -2.04. The van der Waals surface area contributed by atoms with Gasteiger partial charge in [0.1, 0.15) is 23.2 Å². The zero-order valence-electron chi connectivity index (χ0n) is 11.5. The topological polar surface area (TPSA) is 84.8 Å². The Bertz CT molecular complexity index is 629. The molecule has 0 radical (unpaired) electrons. The number of nitriles is 1. The molecule has 0 atom stereocenters. The average molecular weight is 268 g/mol. The van der Waals surface area contributed by atoms with Crippen LogP contribution in [0.2, 0.25) is 0 Å². The van der Waals surface area contributed by atoms with Gasteiger partial charge in [-0.25, -0.2) is 9.97 Å². The minimum absolute atomic E-state index is 0.192. The van der Waals surface area contributed by atoms with E-state index in [9.17, 15) is 0 Å². The highest BCUT2D eigenvalue weighted by Crippen LogP contribution is 2.21. The molecule has 0 aliphatic rings. The molecule has 0 bridgehead atoms. The summed E-state index contributed by atoms with van der Waals surface area (Å²) in [5, 5.41) is 8.79. The number of nitrogens with zero attached hydrogens (tertiary/aromatic N) is 3. The number of nitrogen functional groups attached to an aromatic ring is 1. The lowest BCUT2D eigenvalue weighted by Gasteiger charge is -2.09. The zero-order valence-corrected chi connectivity index (χ0v) is 11.5. The summed E-state index contributed by atoms with van der Waals surface area (Å²) in [6.45, 7) is 4.88. The first-order chi connectivity index (χ1) is 9.60. The molecular weight excluding hydrogens is 252 g/mol. The fraction of sp³-hybridized carbons (Fsp3) is 0.267. The third kappa shape index (κ3) is 3.23. The number of anilines is 1. The van der Waals surface area contributed by atoms with Gasteiger partial charge in [0.2, 0.25) is 0 Å². The lowest BCUT2D eigenvalue weighted by molar-refractivity contribution is 0.271. The normalized spacial score (nSPS) is 10.3. The molecule has 0 saturated carbocycles. The third-order valence-corrected chi connectivity index (χ3v) is 2.63. The van der Waals surface area contributed by atoms with Crippen LogP contribution < -0.4 is 10.5 Å². The van der Waals surface area contributed by atoms with Crippen molar-refractivity contribution < 1.29 is 4.74 Å². The maximum absolute atomic E-state index is 8.79. The minimum atomic E-state index is 0.192. The van der Waals surface area contributed by atoms with Gasteiger partial charge < -0.3 is 10.5 Å². The number of rotatable bonds is 4. The molecule has 5 heteroatoms. The molecule has 2 N–H and O–H groups in total. The van der Waals surface area contributed by atoms with Gasteiger partial charge in [-0.1, -0.05) is 13.8 Å². The van der Waals surface area contributed by atoms with Crippen LogP contribution in [-0.2, 0) is 0 Å². The Morgan fingerprint density at radius 1 is 1.30 bits per heavy atom. The molecule has 2 aromatic rings. The fourth-order valence-corrected chi connectivity index (χ4v) is 1.58. The molecule has 0 spiro atoms. The summed E-state index contributed by atoms with van der Waals surface area (Å²) in [4.78, 5) is 8.25. The minimum Gasteiger partial charge on any atom is -0.493 e. The molecule has 102 valence electrons.